The molecule has 0 bridgehead atoms. The number of carbonyl (C=O) groups excluding carboxylic acids is 1. The van der Waals surface area contributed by atoms with Gasteiger partial charge in [-0.1, -0.05) is 11.6 Å². The molecule has 0 radical (unpaired) electrons. The summed E-state index contributed by atoms with van der Waals surface area (Å²) in [6.07, 6.45) is 0. The summed E-state index contributed by atoms with van der Waals surface area (Å²) in [7, 11) is -3.96. The molecule has 0 aliphatic carbocycles. The zero-order valence-corrected chi connectivity index (χ0v) is 16.4. The first-order valence-corrected chi connectivity index (χ1v) is 9.76. The number of benzene rings is 2. The third-order valence-corrected chi connectivity index (χ3v) is 6.33. The van der Waals surface area contributed by atoms with Gasteiger partial charge in [-0.2, -0.15) is 0 Å². The van der Waals surface area contributed by atoms with E-state index in [1.54, 1.807) is 24.3 Å². The normalized spacial score (nSPS) is 12.7. The molecule has 0 saturated heterocycles. The third-order valence-electron chi connectivity index (χ3n) is 3.13. The molecule has 0 N–H and O–H groups in total. The maximum absolute atomic E-state index is 12.9. The summed E-state index contributed by atoms with van der Waals surface area (Å²) in [6, 6.07) is 11.5. The van der Waals surface area contributed by atoms with Gasteiger partial charge in [-0.25, -0.2) is 8.42 Å². The second kappa shape index (κ2) is 7.38. The SMILES string of the molecule is CC(C(=O)Cl)N(c1ccc(I)cc1)S(=O)(=O)c1ccc(Cl)cc1. The van der Waals surface area contributed by atoms with Crippen molar-refractivity contribution in [3.8, 4) is 0 Å². The molecule has 0 saturated carbocycles. The van der Waals surface area contributed by atoms with E-state index in [1.807, 2.05) is 0 Å². The van der Waals surface area contributed by atoms with Crippen LogP contribution in [0.2, 0.25) is 5.02 Å². The average molecular weight is 484 g/mol. The zero-order chi connectivity index (χ0) is 17.2. The number of hydrogen-bond donors (Lipinski definition) is 0. The summed E-state index contributed by atoms with van der Waals surface area (Å²) in [5, 5.41) is -0.340. The van der Waals surface area contributed by atoms with Crippen molar-refractivity contribution in [1.29, 1.82) is 0 Å². The number of rotatable bonds is 5. The molecule has 1 unspecified atom stereocenters. The van der Waals surface area contributed by atoms with Crippen LogP contribution in [0, 0.1) is 3.57 Å². The van der Waals surface area contributed by atoms with Gasteiger partial charge in [0.2, 0.25) is 5.24 Å². The Morgan fingerprint density at radius 2 is 1.61 bits per heavy atom. The quantitative estimate of drug-likeness (QED) is 0.470. The standard InChI is InChI=1S/C15H12Cl2INO3S/c1-10(15(17)20)19(13-6-4-12(18)5-7-13)23(21,22)14-8-2-11(16)3-9-14/h2-10H,1H3. The van der Waals surface area contributed by atoms with Crippen LogP contribution in [-0.4, -0.2) is 19.7 Å². The van der Waals surface area contributed by atoms with Gasteiger partial charge in [-0.05, 0) is 89.6 Å². The number of halogens is 3. The van der Waals surface area contributed by atoms with Crippen LogP contribution >= 0.6 is 45.8 Å². The van der Waals surface area contributed by atoms with Crippen molar-refractivity contribution in [2.75, 3.05) is 4.31 Å². The first-order valence-electron chi connectivity index (χ1n) is 6.48. The van der Waals surface area contributed by atoms with Gasteiger partial charge < -0.3 is 0 Å². The summed E-state index contributed by atoms with van der Waals surface area (Å²) in [5.41, 5.74) is 0.363. The lowest BCUT2D eigenvalue weighted by atomic mass is 10.3. The van der Waals surface area contributed by atoms with Gasteiger partial charge in [0.05, 0.1) is 10.6 Å². The highest BCUT2D eigenvalue weighted by Crippen LogP contribution is 2.28. The molecule has 4 nitrogen and oxygen atoms in total. The minimum atomic E-state index is -3.96. The molecule has 0 heterocycles. The third kappa shape index (κ3) is 4.17. The van der Waals surface area contributed by atoms with E-state index in [0.29, 0.717) is 10.7 Å². The second-order valence-corrected chi connectivity index (χ2v) is 8.58. The summed E-state index contributed by atoms with van der Waals surface area (Å²) in [5.74, 6) is 0. The topological polar surface area (TPSA) is 54.5 Å². The zero-order valence-electron chi connectivity index (χ0n) is 11.9. The molecule has 23 heavy (non-hydrogen) atoms. The van der Waals surface area contributed by atoms with Gasteiger partial charge >= 0.3 is 0 Å². The minimum absolute atomic E-state index is 0.0326. The van der Waals surface area contributed by atoms with E-state index in [0.717, 1.165) is 7.88 Å². The molecule has 0 aromatic heterocycles. The fourth-order valence-electron chi connectivity index (χ4n) is 1.97. The Labute approximate surface area is 158 Å². The van der Waals surface area contributed by atoms with Crippen LogP contribution in [0.4, 0.5) is 5.69 Å². The number of carbonyl (C=O) groups is 1. The highest BCUT2D eigenvalue weighted by atomic mass is 127. The fourth-order valence-corrected chi connectivity index (χ4v) is 4.23. The van der Waals surface area contributed by atoms with E-state index in [-0.39, 0.29) is 4.90 Å². The highest BCUT2D eigenvalue weighted by molar-refractivity contribution is 14.1. The Morgan fingerprint density at radius 3 is 2.09 bits per heavy atom. The van der Waals surface area contributed by atoms with Crippen molar-refractivity contribution in [3.05, 3.63) is 57.1 Å². The Kier molecular flexibility index (Phi) is 5.94. The van der Waals surface area contributed by atoms with Crippen LogP contribution in [0.1, 0.15) is 6.92 Å². The van der Waals surface area contributed by atoms with Crippen molar-refractivity contribution in [2.24, 2.45) is 0 Å². The van der Waals surface area contributed by atoms with Crippen molar-refractivity contribution >= 4 is 66.7 Å². The van der Waals surface area contributed by atoms with Gasteiger partial charge in [0.25, 0.3) is 10.0 Å². The maximum atomic E-state index is 12.9. The van der Waals surface area contributed by atoms with E-state index in [4.69, 9.17) is 23.2 Å². The van der Waals surface area contributed by atoms with Crippen molar-refractivity contribution < 1.29 is 13.2 Å². The van der Waals surface area contributed by atoms with Crippen LogP contribution in [0.3, 0.4) is 0 Å². The maximum Gasteiger partial charge on any atom is 0.265 e. The number of anilines is 1. The molecule has 2 aromatic carbocycles. The smallest absolute Gasteiger partial charge is 0.265 e. The van der Waals surface area contributed by atoms with Crippen LogP contribution < -0.4 is 4.31 Å². The van der Waals surface area contributed by atoms with Gasteiger partial charge in [0.15, 0.2) is 0 Å². The Hall–Kier alpha value is -0.830. The van der Waals surface area contributed by atoms with Crippen LogP contribution in [-0.2, 0) is 14.8 Å². The lowest BCUT2D eigenvalue weighted by Gasteiger charge is -2.28. The molecule has 122 valence electrons. The van der Waals surface area contributed by atoms with E-state index >= 15 is 0 Å². The van der Waals surface area contributed by atoms with Gasteiger partial charge in [-0.3, -0.25) is 9.10 Å². The molecule has 0 aliphatic heterocycles. The van der Waals surface area contributed by atoms with Crippen molar-refractivity contribution in [2.45, 2.75) is 17.9 Å². The predicted molar refractivity (Wildman–Crippen MR) is 101 cm³/mol. The molecular formula is C15H12Cl2INO3S. The van der Waals surface area contributed by atoms with E-state index in [9.17, 15) is 13.2 Å². The van der Waals surface area contributed by atoms with E-state index in [1.165, 1.54) is 31.2 Å². The van der Waals surface area contributed by atoms with Crippen LogP contribution in [0.15, 0.2) is 53.4 Å². The van der Waals surface area contributed by atoms with Gasteiger partial charge in [0.1, 0.15) is 6.04 Å². The molecule has 2 aromatic rings. The van der Waals surface area contributed by atoms with E-state index < -0.39 is 21.3 Å². The molecule has 2 rings (SSSR count). The van der Waals surface area contributed by atoms with Gasteiger partial charge in [0, 0.05) is 8.59 Å². The summed E-state index contributed by atoms with van der Waals surface area (Å²) in [6.45, 7) is 1.45. The molecule has 0 amide bonds. The molecule has 0 spiro atoms. The minimum Gasteiger partial charge on any atom is -0.279 e. The lowest BCUT2D eigenvalue weighted by Crippen LogP contribution is -2.42. The van der Waals surface area contributed by atoms with Crippen molar-refractivity contribution in [3.63, 3.8) is 0 Å². The largest absolute Gasteiger partial charge is 0.279 e. The first kappa shape index (κ1) is 18.5. The summed E-state index contributed by atoms with van der Waals surface area (Å²) in [4.78, 5) is 11.6. The monoisotopic (exact) mass is 483 g/mol. The Balaban J connectivity index is 2.58. The number of nitrogens with zero attached hydrogens (tertiary/aromatic N) is 1. The summed E-state index contributed by atoms with van der Waals surface area (Å²) < 4.78 is 27.9. The van der Waals surface area contributed by atoms with E-state index in [2.05, 4.69) is 22.6 Å². The highest BCUT2D eigenvalue weighted by Gasteiger charge is 2.32. The predicted octanol–water partition coefficient (Wildman–Crippen LogP) is 4.29. The fraction of sp³-hybridized carbons (Fsp3) is 0.133. The lowest BCUT2D eigenvalue weighted by molar-refractivity contribution is -0.112. The first-order chi connectivity index (χ1) is 10.7. The molecule has 0 aliphatic rings. The Bertz CT molecular complexity index is 808. The average Bonchev–Trinajstić information content (AvgIpc) is 2.49. The Morgan fingerprint density at radius 1 is 1.09 bits per heavy atom. The van der Waals surface area contributed by atoms with Crippen LogP contribution in [0.5, 0.6) is 0 Å². The second-order valence-electron chi connectivity index (χ2n) is 4.71. The molecule has 1 atom stereocenters. The van der Waals surface area contributed by atoms with Gasteiger partial charge in [-0.15, -0.1) is 0 Å². The van der Waals surface area contributed by atoms with Crippen molar-refractivity contribution in [1.82, 2.24) is 0 Å². The van der Waals surface area contributed by atoms with Crippen LogP contribution in [0.25, 0.3) is 0 Å². The molecule has 8 heteroatoms. The molecule has 0 fully saturated rings. The number of sulfonamides is 1. The summed E-state index contributed by atoms with van der Waals surface area (Å²) >= 11 is 13.5. The number of hydrogen-bond acceptors (Lipinski definition) is 3. The molecular weight excluding hydrogens is 472 g/mol.